The molecule has 13 heavy (non-hydrogen) atoms. The van der Waals surface area contributed by atoms with Gasteiger partial charge in [0.15, 0.2) is 0 Å². The number of hydrogen-bond acceptors (Lipinski definition) is 2. The number of methoxy groups -OCH3 is 1. The van der Waals surface area contributed by atoms with E-state index < -0.39 is 0 Å². The molecule has 0 bridgehead atoms. The molecule has 0 heterocycles. The number of rotatable bonds is 4. The summed E-state index contributed by atoms with van der Waals surface area (Å²) in [6, 6.07) is 8.31. The molecule has 0 amide bonds. The van der Waals surface area contributed by atoms with Gasteiger partial charge < -0.3 is 10.1 Å². The molecule has 0 saturated carbocycles. The molecule has 0 radical (unpaired) electrons. The second kappa shape index (κ2) is 5.44. The van der Waals surface area contributed by atoms with Crippen molar-refractivity contribution in [3.05, 3.63) is 27.8 Å². The lowest BCUT2D eigenvalue weighted by Crippen LogP contribution is -2.17. The molecule has 0 aliphatic rings. The Morgan fingerprint density at radius 1 is 1.38 bits per heavy atom. The van der Waals surface area contributed by atoms with Gasteiger partial charge in [-0.3, -0.25) is 0 Å². The van der Waals surface area contributed by atoms with Crippen molar-refractivity contribution in [3.63, 3.8) is 0 Å². The van der Waals surface area contributed by atoms with E-state index in [4.69, 9.17) is 4.74 Å². The van der Waals surface area contributed by atoms with Crippen molar-refractivity contribution >= 4 is 28.3 Å². The number of hydrogen-bond donors (Lipinski definition) is 1. The fraction of sp³-hybridized carbons (Fsp3) is 0.400. The third-order valence-electron chi connectivity index (χ3n) is 1.84. The van der Waals surface area contributed by atoms with Crippen LogP contribution in [0.4, 0.5) is 5.69 Å². The van der Waals surface area contributed by atoms with Gasteiger partial charge in [-0.25, -0.2) is 0 Å². The maximum Gasteiger partial charge on any atom is 0.0715 e. The third-order valence-corrected chi connectivity index (χ3v) is 2.56. The van der Waals surface area contributed by atoms with Crippen LogP contribution in [0.1, 0.15) is 6.92 Å². The van der Waals surface area contributed by atoms with Crippen LogP contribution in [0, 0.1) is 3.57 Å². The molecule has 3 heteroatoms. The fourth-order valence-corrected chi connectivity index (χ4v) is 1.27. The van der Waals surface area contributed by atoms with Crippen LogP contribution in [0.15, 0.2) is 24.3 Å². The monoisotopic (exact) mass is 291 g/mol. The maximum atomic E-state index is 5.13. The third kappa shape index (κ3) is 3.95. The number of nitrogens with one attached hydrogen (secondary N) is 1. The lowest BCUT2D eigenvalue weighted by atomic mass is 10.3. The first-order chi connectivity index (χ1) is 6.22. The van der Waals surface area contributed by atoms with E-state index in [2.05, 4.69) is 52.2 Å². The second-order valence-electron chi connectivity index (χ2n) is 2.93. The van der Waals surface area contributed by atoms with Crippen LogP contribution in [0.2, 0.25) is 0 Å². The molecule has 0 spiro atoms. The van der Waals surface area contributed by atoms with Crippen molar-refractivity contribution in [2.24, 2.45) is 0 Å². The van der Waals surface area contributed by atoms with E-state index in [1.807, 2.05) is 6.92 Å². The van der Waals surface area contributed by atoms with Crippen molar-refractivity contribution in [2.45, 2.75) is 13.0 Å². The van der Waals surface area contributed by atoms with E-state index in [0.717, 1.165) is 12.2 Å². The standard InChI is InChI=1S/C10H14INO/c1-8(13-2)7-12-10-5-3-9(11)4-6-10/h3-6,8,12H,7H2,1-2H3. The first kappa shape index (κ1) is 10.8. The molecule has 1 atom stereocenters. The quantitative estimate of drug-likeness (QED) is 0.861. The van der Waals surface area contributed by atoms with Gasteiger partial charge in [-0.05, 0) is 53.8 Å². The first-order valence-corrected chi connectivity index (χ1v) is 5.32. The van der Waals surface area contributed by atoms with Gasteiger partial charge in [0.05, 0.1) is 6.10 Å². The maximum absolute atomic E-state index is 5.13. The molecule has 1 aromatic rings. The zero-order valence-electron chi connectivity index (χ0n) is 7.88. The summed E-state index contributed by atoms with van der Waals surface area (Å²) in [7, 11) is 1.72. The van der Waals surface area contributed by atoms with Gasteiger partial charge in [-0.1, -0.05) is 0 Å². The predicted molar refractivity (Wildman–Crippen MR) is 64.1 cm³/mol. The summed E-state index contributed by atoms with van der Waals surface area (Å²) in [5.41, 5.74) is 1.14. The molecular weight excluding hydrogens is 277 g/mol. The summed E-state index contributed by atoms with van der Waals surface area (Å²) >= 11 is 2.29. The lowest BCUT2D eigenvalue weighted by Gasteiger charge is -2.11. The SMILES string of the molecule is COC(C)CNc1ccc(I)cc1. The van der Waals surface area contributed by atoms with Crippen LogP contribution in [-0.2, 0) is 4.74 Å². The summed E-state index contributed by atoms with van der Waals surface area (Å²) in [5.74, 6) is 0. The molecule has 0 aromatic heterocycles. The molecule has 72 valence electrons. The summed E-state index contributed by atoms with van der Waals surface area (Å²) in [6.07, 6.45) is 0.249. The smallest absolute Gasteiger partial charge is 0.0715 e. The molecule has 0 aliphatic carbocycles. The normalized spacial score (nSPS) is 12.5. The predicted octanol–water partition coefficient (Wildman–Crippen LogP) is 2.74. The zero-order valence-corrected chi connectivity index (χ0v) is 10.0. The highest BCUT2D eigenvalue weighted by Crippen LogP contribution is 2.10. The number of halogens is 1. The highest BCUT2D eigenvalue weighted by atomic mass is 127. The van der Waals surface area contributed by atoms with E-state index in [1.165, 1.54) is 3.57 Å². The van der Waals surface area contributed by atoms with Crippen LogP contribution in [0.5, 0.6) is 0 Å². The average Bonchev–Trinajstić information content (AvgIpc) is 2.16. The minimum Gasteiger partial charge on any atom is -0.382 e. The van der Waals surface area contributed by atoms with Gasteiger partial charge in [0.2, 0.25) is 0 Å². The zero-order chi connectivity index (χ0) is 9.68. The lowest BCUT2D eigenvalue weighted by molar-refractivity contribution is 0.129. The second-order valence-corrected chi connectivity index (χ2v) is 4.18. The molecular formula is C10H14INO. The topological polar surface area (TPSA) is 21.3 Å². The van der Waals surface area contributed by atoms with Crippen LogP contribution in [0.3, 0.4) is 0 Å². The molecule has 1 aromatic carbocycles. The van der Waals surface area contributed by atoms with Gasteiger partial charge in [-0.2, -0.15) is 0 Å². The van der Waals surface area contributed by atoms with Gasteiger partial charge in [0.25, 0.3) is 0 Å². The molecule has 1 rings (SSSR count). The Morgan fingerprint density at radius 3 is 2.54 bits per heavy atom. The fourth-order valence-electron chi connectivity index (χ4n) is 0.913. The minimum atomic E-state index is 0.249. The average molecular weight is 291 g/mol. The van der Waals surface area contributed by atoms with E-state index in [-0.39, 0.29) is 6.10 Å². The van der Waals surface area contributed by atoms with Crippen LogP contribution in [-0.4, -0.2) is 19.8 Å². The highest BCUT2D eigenvalue weighted by molar-refractivity contribution is 14.1. The summed E-state index contributed by atoms with van der Waals surface area (Å²) in [5, 5.41) is 3.29. The molecule has 0 aliphatic heterocycles. The number of benzene rings is 1. The van der Waals surface area contributed by atoms with Crippen molar-refractivity contribution in [1.29, 1.82) is 0 Å². The Balaban J connectivity index is 2.41. The minimum absolute atomic E-state index is 0.249. The van der Waals surface area contributed by atoms with Crippen LogP contribution < -0.4 is 5.32 Å². The van der Waals surface area contributed by atoms with Crippen molar-refractivity contribution in [2.75, 3.05) is 19.0 Å². The van der Waals surface area contributed by atoms with Gasteiger partial charge in [0.1, 0.15) is 0 Å². The summed E-state index contributed by atoms with van der Waals surface area (Å²) < 4.78 is 6.38. The van der Waals surface area contributed by atoms with Gasteiger partial charge in [0, 0.05) is 22.9 Å². The Labute approximate surface area is 92.8 Å². The number of ether oxygens (including phenoxy) is 1. The van der Waals surface area contributed by atoms with Gasteiger partial charge in [-0.15, -0.1) is 0 Å². The Hall–Kier alpha value is -0.290. The Bertz CT molecular complexity index is 248. The number of anilines is 1. The largest absolute Gasteiger partial charge is 0.382 e. The first-order valence-electron chi connectivity index (χ1n) is 4.24. The molecule has 1 unspecified atom stereocenters. The highest BCUT2D eigenvalue weighted by Gasteiger charge is 1.98. The van der Waals surface area contributed by atoms with E-state index in [1.54, 1.807) is 7.11 Å². The summed E-state index contributed by atoms with van der Waals surface area (Å²) in [4.78, 5) is 0. The van der Waals surface area contributed by atoms with Gasteiger partial charge >= 0.3 is 0 Å². The van der Waals surface area contributed by atoms with Crippen molar-refractivity contribution in [3.8, 4) is 0 Å². The molecule has 1 N–H and O–H groups in total. The molecule has 0 saturated heterocycles. The van der Waals surface area contributed by atoms with Crippen LogP contribution in [0.25, 0.3) is 0 Å². The Morgan fingerprint density at radius 2 is 2.00 bits per heavy atom. The van der Waals surface area contributed by atoms with E-state index in [9.17, 15) is 0 Å². The molecule has 2 nitrogen and oxygen atoms in total. The van der Waals surface area contributed by atoms with Crippen LogP contribution >= 0.6 is 22.6 Å². The van der Waals surface area contributed by atoms with E-state index >= 15 is 0 Å². The summed E-state index contributed by atoms with van der Waals surface area (Å²) in [6.45, 7) is 2.89. The van der Waals surface area contributed by atoms with Crippen molar-refractivity contribution in [1.82, 2.24) is 0 Å². The Kier molecular flexibility index (Phi) is 4.52. The van der Waals surface area contributed by atoms with Crippen molar-refractivity contribution < 1.29 is 4.74 Å². The molecule has 0 fully saturated rings. The van der Waals surface area contributed by atoms with E-state index in [0.29, 0.717) is 0 Å².